The summed E-state index contributed by atoms with van der Waals surface area (Å²) in [6.07, 6.45) is -0.651. The van der Waals surface area contributed by atoms with E-state index in [2.05, 4.69) is 21.2 Å². The van der Waals surface area contributed by atoms with Crippen molar-refractivity contribution in [2.75, 3.05) is 18.0 Å². The molecule has 5 nitrogen and oxygen atoms in total. The lowest BCUT2D eigenvalue weighted by atomic mass is 10.3. The van der Waals surface area contributed by atoms with Crippen LogP contribution >= 0.6 is 27.3 Å². The van der Waals surface area contributed by atoms with Gasteiger partial charge in [0.15, 0.2) is 0 Å². The normalized spacial score (nSPS) is 19.3. The van der Waals surface area contributed by atoms with Gasteiger partial charge in [-0.2, -0.15) is 0 Å². The highest BCUT2D eigenvalue weighted by Crippen LogP contribution is 2.32. The molecule has 0 spiro atoms. The van der Waals surface area contributed by atoms with Crippen molar-refractivity contribution in [3.05, 3.63) is 15.9 Å². The van der Waals surface area contributed by atoms with Gasteiger partial charge in [0, 0.05) is 6.92 Å². The number of nitrogens with zero attached hydrogens (tertiary/aromatic N) is 1. The number of anilines is 1. The molecule has 1 N–H and O–H groups in total. The maximum Gasteiger partial charge on any atom is 0.415 e. The van der Waals surface area contributed by atoms with Crippen LogP contribution in [0, 0.1) is 0 Å². The number of cyclic esters (lactones) is 1. The van der Waals surface area contributed by atoms with Crippen molar-refractivity contribution in [3.63, 3.8) is 0 Å². The number of hydrogen-bond donors (Lipinski definition) is 1. The summed E-state index contributed by atoms with van der Waals surface area (Å²) in [6, 6.07) is 3.74. The first-order valence-electron chi connectivity index (χ1n) is 5.04. The van der Waals surface area contributed by atoms with Crippen molar-refractivity contribution in [2.45, 2.75) is 13.0 Å². The minimum Gasteiger partial charge on any atom is -0.442 e. The van der Waals surface area contributed by atoms with Gasteiger partial charge in [-0.25, -0.2) is 4.79 Å². The Kier molecular flexibility index (Phi) is 3.68. The van der Waals surface area contributed by atoms with Gasteiger partial charge < -0.3 is 10.1 Å². The Labute approximate surface area is 111 Å². The standard InChI is InChI=1S/C10H11BrN2O3S/c1-6(14)12-4-7-5-13(10(15)16-7)9-3-2-8(11)17-9/h2-3,7H,4-5H2,1H3,(H,12,14). The van der Waals surface area contributed by atoms with Gasteiger partial charge in [-0.3, -0.25) is 9.69 Å². The van der Waals surface area contributed by atoms with E-state index in [1.54, 1.807) is 4.90 Å². The molecule has 2 heterocycles. The quantitative estimate of drug-likeness (QED) is 0.927. The van der Waals surface area contributed by atoms with Gasteiger partial charge in [-0.05, 0) is 28.1 Å². The van der Waals surface area contributed by atoms with Gasteiger partial charge in [-0.15, -0.1) is 11.3 Å². The summed E-state index contributed by atoms with van der Waals surface area (Å²) in [5.41, 5.74) is 0. The molecule has 1 aliphatic rings. The van der Waals surface area contributed by atoms with Crippen LogP contribution < -0.4 is 10.2 Å². The Balaban J connectivity index is 1.98. The van der Waals surface area contributed by atoms with Crippen LogP contribution in [0.1, 0.15) is 6.92 Å². The highest BCUT2D eigenvalue weighted by atomic mass is 79.9. The number of amides is 2. The number of nitrogens with one attached hydrogen (secondary N) is 1. The van der Waals surface area contributed by atoms with Gasteiger partial charge in [0.2, 0.25) is 5.91 Å². The maximum atomic E-state index is 11.6. The van der Waals surface area contributed by atoms with Gasteiger partial charge >= 0.3 is 6.09 Å². The van der Waals surface area contributed by atoms with E-state index in [0.717, 1.165) is 8.79 Å². The predicted molar refractivity (Wildman–Crippen MR) is 68.3 cm³/mol. The second-order valence-corrected chi connectivity index (χ2v) is 6.07. The Morgan fingerprint density at radius 2 is 2.47 bits per heavy atom. The van der Waals surface area contributed by atoms with Gasteiger partial charge in [0.1, 0.15) is 11.1 Å². The van der Waals surface area contributed by atoms with Crippen LogP contribution in [0.15, 0.2) is 15.9 Å². The van der Waals surface area contributed by atoms with Crippen molar-refractivity contribution in [2.24, 2.45) is 0 Å². The summed E-state index contributed by atoms with van der Waals surface area (Å²) in [5.74, 6) is -0.127. The van der Waals surface area contributed by atoms with Gasteiger partial charge in [0.05, 0.1) is 16.9 Å². The molecular formula is C10H11BrN2O3S. The van der Waals surface area contributed by atoms with E-state index < -0.39 is 0 Å². The summed E-state index contributed by atoms with van der Waals surface area (Å²) in [5, 5.41) is 3.48. The summed E-state index contributed by atoms with van der Waals surface area (Å²) in [7, 11) is 0. The van der Waals surface area contributed by atoms with E-state index in [9.17, 15) is 9.59 Å². The van der Waals surface area contributed by atoms with Gasteiger partial charge in [-0.1, -0.05) is 0 Å². The average molecular weight is 319 g/mol. The molecule has 17 heavy (non-hydrogen) atoms. The zero-order valence-corrected chi connectivity index (χ0v) is 11.5. The Hall–Kier alpha value is -1.08. The highest BCUT2D eigenvalue weighted by molar-refractivity contribution is 9.11. The minimum absolute atomic E-state index is 0.127. The number of hydrogen-bond acceptors (Lipinski definition) is 4. The number of carbonyl (C=O) groups is 2. The molecule has 0 aliphatic carbocycles. The van der Waals surface area contributed by atoms with Crippen LogP contribution in [-0.2, 0) is 9.53 Å². The van der Waals surface area contributed by atoms with Crippen LogP contribution in [-0.4, -0.2) is 31.2 Å². The summed E-state index contributed by atoms with van der Waals surface area (Å²) < 4.78 is 6.12. The monoisotopic (exact) mass is 318 g/mol. The zero-order chi connectivity index (χ0) is 12.4. The lowest BCUT2D eigenvalue weighted by Crippen LogP contribution is -2.33. The third kappa shape index (κ3) is 2.98. The van der Waals surface area contributed by atoms with Gasteiger partial charge in [0.25, 0.3) is 0 Å². The zero-order valence-electron chi connectivity index (χ0n) is 9.10. The molecule has 1 saturated heterocycles. The third-order valence-electron chi connectivity index (χ3n) is 2.28. The molecule has 1 aromatic heterocycles. The number of ether oxygens (including phenoxy) is 1. The third-order valence-corrected chi connectivity index (χ3v) is 3.92. The van der Waals surface area contributed by atoms with Crippen molar-refractivity contribution in [1.82, 2.24) is 5.32 Å². The number of halogens is 1. The minimum atomic E-state index is -0.366. The number of carbonyl (C=O) groups excluding carboxylic acids is 2. The van der Waals surface area contributed by atoms with Crippen molar-refractivity contribution >= 4 is 44.3 Å². The highest BCUT2D eigenvalue weighted by Gasteiger charge is 2.33. The van der Waals surface area contributed by atoms with E-state index in [1.807, 2.05) is 12.1 Å². The second kappa shape index (κ2) is 5.05. The first-order chi connectivity index (χ1) is 8.06. The molecule has 2 rings (SSSR count). The van der Waals surface area contributed by atoms with E-state index in [4.69, 9.17) is 4.74 Å². The van der Waals surface area contributed by atoms with Crippen LogP contribution in [0.25, 0.3) is 0 Å². The van der Waals surface area contributed by atoms with Crippen LogP contribution in [0.3, 0.4) is 0 Å². The maximum absolute atomic E-state index is 11.6. The molecule has 0 bridgehead atoms. The molecule has 2 amide bonds. The largest absolute Gasteiger partial charge is 0.442 e. The first kappa shape index (κ1) is 12.4. The van der Waals surface area contributed by atoms with Crippen molar-refractivity contribution < 1.29 is 14.3 Å². The Bertz CT molecular complexity index is 449. The van der Waals surface area contributed by atoms with Crippen LogP contribution in [0.4, 0.5) is 9.80 Å². The molecule has 0 radical (unpaired) electrons. The van der Waals surface area contributed by atoms with E-state index in [1.165, 1.54) is 18.3 Å². The average Bonchev–Trinajstić information content (AvgIpc) is 2.82. The molecule has 1 aliphatic heterocycles. The summed E-state index contributed by atoms with van der Waals surface area (Å²) in [4.78, 5) is 24.0. The van der Waals surface area contributed by atoms with Crippen LogP contribution in [0.5, 0.6) is 0 Å². The predicted octanol–water partition coefficient (Wildman–Crippen LogP) is 1.97. The van der Waals surface area contributed by atoms with Crippen molar-refractivity contribution in [1.29, 1.82) is 0 Å². The van der Waals surface area contributed by atoms with E-state index in [0.29, 0.717) is 13.1 Å². The molecule has 1 atom stereocenters. The number of rotatable bonds is 3. The summed E-state index contributed by atoms with van der Waals surface area (Å²) in [6.45, 7) is 2.25. The molecular weight excluding hydrogens is 308 g/mol. The van der Waals surface area contributed by atoms with E-state index in [-0.39, 0.29) is 18.1 Å². The topological polar surface area (TPSA) is 58.6 Å². The SMILES string of the molecule is CC(=O)NCC1CN(c2ccc(Br)s2)C(=O)O1. The van der Waals surface area contributed by atoms with Crippen molar-refractivity contribution in [3.8, 4) is 0 Å². The smallest absolute Gasteiger partial charge is 0.415 e. The van der Waals surface area contributed by atoms with E-state index >= 15 is 0 Å². The number of thiophene rings is 1. The molecule has 1 unspecified atom stereocenters. The molecule has 0 saturated carbocycles. The lowest BCUT2D eigenvalue weighted by molar-refractivity contribution is -0.119. The Morgan fingerprint density at radius 1 is 1.71 bits per heavy atom. The van der Waals surface area contributed by atoms with Crippen LogP contribution in [0.2, 0.25) is 0 Å². The molecule has 7 heteroatoms. The molecule has 92 valence electrons. The Morgan fingerprint density at radius 3 is 3.06 bits per heavy atom. The fourth-order valence-electron chi connectivity index (χ4n) is 1.52. The molecule has 1 aromatic rings. The summed E-state index contributed by atoms with van der Waals surface area (Å²) >= 11 is 4.82. The first-order valence-corrected chi connectivity index (χ1v) is 6.65. The fourth-order valence-corrected chi connectivity index (χ4v) is 2.88. The molecule has 1 fully saturated rings. The molecule has 0 aromatic carbocycles. The fraction of sp³-hybridized carbons (Fsp3) is 0.400. The second-order valence-electron chi connectivity index (χ2n) is 3.63. The lowest BCUT2D eigenvalue weighted by Gasteiger charge is -2.09.